The lowest BCUT2D eigenvalue weighted by molar-refractivity contribution is 0.630. The normalized spacial score (nSPS) is 10.4. The van der Waals surface area contributed by atoms with E-state index in [2.05, 4.69) is 9.97 Å². The Bertz CT molecular complexity index is 590. The first kappa shape index (κ1) is 11.0. The molecule has 0 spiro atoms. The van der Waals surface area contributed by atoms with E-state index < -0.39 is 0 Å². The Morgan fingerprint density at radius 2 is 1.94 bits per heavy atom. The van der Waals surface area contributed by atoms with Gasteiger partial charge < -0.3 is 4.98 Å². The molecule has 0 amide bonds. The molecule has 4 heteroatoms. The standard InChI is InChI=1S/C12H11FN2S/c1-7-11(14-8(2)15-12(7)16)9-5-3-4-6-10(9)13/h3-6H,1-2H3,(H,14,15,16). The van der Waals surface area contributed by atoms with Crippen LogP contribution in [-0.2, 0) is 0 Å². The maximum atomic E-state index is 13.6. The lowest BCUT2D eigenvalue weighted by Gasteiger charge is -2.08. The molecule has 0 aliphatic rings. The Balaban J connectivity index is 2.74. The average molecular weight is 234 g/mol. The number of H-pyrrole nitrogens is 1. The minimum absolute atomic E-state index is 0.262. The molecule has 0 aliphatic heterocycles. The molecule has 1 aromatic carbocycles. The number of aromatic amines is 1. The van der Waals surface area contributed by atoms with Crippen LogP contribution in [0.2, 0.25) is 0 Å². The van der Waals surface area contributed by atoms with Crippen molar-refractivity contribution in [3.63, 3.8) is 0 Å². The summed E-state index contributed by atoms with van der Waals surface area (Å²) in [4.78, 5) is 7.18. The Morgan fingerprint density at radius 3 is 2.62 bits per heavy atom. The SMILES string of the molecule is Cc1nc(=S)c(C)c(-c2ccccc2F)[nH]1. The molecule has 0 radical (unpaired) electrons. The molecule has 1 N–H and O–H groups in total. The second-order valence-corrected chi connectivity index (χ2v) is 3.99. The summed E-state index contributed by atoms with van der Waals surface area (Å²) in [5.41, 5.74) is 2.03. The van der Waals surface area contributed by atoms with Crippen LogP contribution in [0.3, 0.4) is 0 Å². The predicted octanol–water partition coefficient (Wildman–Crippen LogP) is 3.56. The van der Waals surface area contributed by atoms with E-state index in [-0.39, 0.29) is 5.82 Å². The zero-order chi connectivity index (χ0) is 11.7. The first-order chi connectivity index (χ1) is 7.59. The number of nitrogens with zero attached hydrogens (tertiary/aromatic N) is 1. The van der Waals surface area contributed by atoms with E-state index in [0.717, 1.165) is 5.56 Å². The van der Waals surface area contributed by atoms with Crippen LogP contribution in [0.4, 0.5) is 4.39 Å². The van der Waals surface area contributed by atoms with Gasteiger partial charge in [-0.15, -0.1) is 0 Å². The Labute approximate surface area is 98.2 Å². The third kappa shape index (κ3) is 1.88. The first-order valence-electron chi connectivity index (χ1n) is 4.92. The Hall–Kier alpha value is -1.55. The van der Waals surface area contributed by atoms with Gasteiger partial charge in [0, 0.05) is 11.1 Å². The molecule has 0 fully saturated rings. The van der Waals surface area contributed by atoms with Gasteiger partial charge in [0.05, 0.1) is 5.69 Å². The quantitative estimate of drug-likeness (QED) is 0.764. The van der Waals surface area contributed by atoms with Crippen molar-refractivity contribution in [3.05, 3.63) is 46.1 Å². The second kappa shape index (κ2) is 4.14. The van der Waals surface area contributed by atoms with Gasteiger partial charge in [-0.3, -0.25) is 0 Å². The van der Waals surface area contributed by atoms with Crippen molar-refractivity contribution in [3.8, 4) is 11.3 Å². The van der Waals surface area contributed by atoms with Gasteiger partial charge in [-0.05, 0) is 26.0 Å². The Morgan fingerprint density at radius 1 is 1.25 bits per heavy atom. The molecule has 2 rings (SSSR count). The number of rotatable bonds is 1. The van der Waals surface area contributed by atoms with Gasteiger partial charge in [0.1, 0.15) is 16.3 Å². The molecule has 0 bridgehead atoms. The van der Waals surface area contributed by atoms with Gasteiger partial charge in [0.2, 0.25) is 0 Å². The first-order valence-corrected chi connectivity index (χ1v) is 5.33. The third-order valence-electron chi connectivity index (χ3n) is 2.41. The molecule has 1 heterocycles. The summed E-state index contributed by atoms with van der Waals surface area (Å²) in [7, 11) is 0. The van der Waals surface area contributed by atoms with E-state index in [1.165, 1.54) is 6.07 Å². The van der Waals surface area contributed by atoms with Gasteiger partial charge in [0.15, 0.2) is 0 Å². The van der Waals surface area contributed by atoms with Crippen molar-refractivity contribution in [2.45, 2.75) is 13.8 Å². The molecule has 0 saturated carbocycles. The lowest BCUT2D eigenvalue weighted by Crippen LogP contribution is -1.97. The van der Waals surface area contributed by atoms with Crippen LogP contribution in [0, 0.1) is 24.3 Å². The number of aromatic nitrogens is 2. The van der Waals surface area contributed by atoms with E-state index in [0.29, 0.717) is 21.7 Å². The van der Waals surface area contributed by atoms with E-state index in [1.54, 1.807) is 25.1 Å². The monoisotopic (exact) mass is 234 g/mol. The van der Waals surface area contributed by atoms with Crippen LogP contribution in [-0.4, -0.2) is 9.97 Å². The highest BCUT2D eigenvalue weighted by Gasteiger charge is 2.09. The lowest BCUT2D eigenvalue weighted by atomic mass is 10.1. The molecule has 16 heavy (non-hydrogen) atoms. The van der Waals surface area contributed by atoms with Gasteiger partial charge in [-0.1, -0.05) is 24.4 Å². The fourth-order valence-corrected chi connectivity index (χ4v) is 1.82. The van der Waals surface area contributed by atoms with Crippen LogP contribution in [0.15, 0.2) is 24.3 Å². The third-order valence-corrected chi connectivity index (χ3v) is 2.81. The second-order valence-electron chi connectivity index (χ2n) is 3.61. The highest BCUT2D eigenvalue weighted by atomic mass is 32.1. The van der Waals surface area contributed by atoms with Crippen molar-refractivity contribution in [1.82, 2.24) is 9.97 Å². The zero-order valence-corrected chi connectivity index (χ0v) is 9.86. The van der Waals surface area contributed by atoms with Crippen molar-refractivity contribution in [2.24, 2.45) is 0 Å². The molecule has 0 unspecified atom stereocenters. The van der Waals surface area contributed by atoms with E-state index in [9.17, 15) is 4.39 Å². The summed E-state index contributed by atoms with van der Waals surface area (Å²) in [5, 5.41) is 0. The summed E-state index contributed by atoms with van der Waals surface area (Å²) >= 11 is 5.12. The number of hydrogen-bond acceptors (Lipinski definition) is 2. The topological polar surface area (TPSA) is 28.7 Å². The molecule has 0 atom stereocenters. The molecule has 0 saturated heterocycles. The minimum atomic E-state index is -0.262. The summed E-state index contributed by atoms with van der Waals surface area (Å²) in [5.74, 6) is 0.427. The van der Waals surface area contributed by atoms with Crippen LogP contribution in [0.25, 0.3) is 11.3 Å². The van der Waals surface area contributed by atoms with Gasteiger partial charge >= 0.3 is 0 Å². The van der Waals surface area contributed by atoms with Crippen molar-refractivity contribution in [1.29, 1.82) is 0 Å². The highest BCUT2D eigenvalue weighted by molar-refractivity contribution is 7.71. The highest BCUT2D eigenvalue weighted by Crippen LogP contribution is 2.23. The molecule has 1 aromatic heterocycles. The van der Waals surface area contributed by atoms with Gasteiger partial charge in [-0.25, -0.2) is 9.37 Å². The molecule has 2 aromatic rings. The number of nitrogens with one attached hydrogen (secondary N) is 1. The fourth-order valence-electron chi connectivity index (χ4n) is 1.58. The van der Waals surface area contributed by atoms with E-state index in [4.69, 9.17) is 12.2 Å². The number of benzene rings is 1. The summed E-state index contributed by atoms with van der Waals surface area (Å²) in [6.45, 7) is 3.65. The van der Waals surface area contributed by atoms with Gasteiger partial charge in [-0.2, -0.15) is 0 Å². The summed E-state index contributed by atoms with van der Waals surface area (Å²) < 4.78 is 14.2. The van der Waals surface area contributed by atoms with Crippen molar-refractivity contribution >= 4 is 12.2 Å². The van der Waals surface area contributed by atoms with E-state index >= 15 is 0 Å². The molecule has 82 valence electrons. The predicted molar refractivity (Wildman–Crippen MR) is 64.3 cm³/mol. The number of halogens is 1. The number of hydrogen-bond donors (Lipinski definition) is 1. The fraction of sp³-hybridized carbons (Fsp3) is 0.167. The van der Waals surface area contributed by atoms with Crippen LogP contribution in [0.1, 0.15) is 11.4 Å². The number of aryl methyl sites for hydroxylation is 1. The molecule has 2 nitrogen and oxygen atoms in total. The summed E-state index contributed by atoms with van der Waals surface area (Å²) in [6, 6.07) is 6.62. The average Bonchev–Trinajstić information content (AvgIpc) is 2.24. The van der Waals surface area contributed by atoms with Crippen molar-refractivity contribution in [2.75, 3.05) is 0 Å². The van der Waals surface area contributed by atoms with Crippen molar-refractivity contribution < 1.29 is 4.39 Å². The zero-order valence-electron chi connectivity index (χ0n) is 9.04. The molecular weight excluding hydrogens is 223 g/mol. The van der Waals surface area contributed by atoms with E-state index in [1.807, 2.05) is 6.92 Å². The van der Waals surface area contributed by atoms with Crippen LogP contribution in [0.5, 0.6) is 0 Å². The Kier molecular flexibility index (Phi) is 2.83. The van der Waals surface area contributed by atoms with Crippen LogP contribution < -0.4 is 0 Å². The molecular formula is C12H11FN2S. The minimum Gasteiger partial charge on any atom is -0.343 e. The maximum absolute atomic E-state index is 13.6. The molecule has 0 aliphatic carbocycles. The maximum Gasteiger partial charge on any atom is 0.133 e. The smallest absolute Gasteiger partial charge is 0.133 e. The summed E-state index contributed by atoms with van der Waals surface area (Å²) in [6.07, 6.45) is 0. The van der Waals surface area contributed by atoms with Gasteiger partial charge in [0.25, 0.3) is 0 Å². The van der Waals surface area contributed by atoms with Crippen LogP contribution >= 0.6 is 12.2 Å². The largest absolute Gasteiger partial charge is 0.343 e.